The predicted octanol–water partition coefficient (Wildman–Crippen LogP) is 3.53. The van der Waals surface area contributed by atoms with Gasteiger partial charge in [-0.05, 0) is 42.5 Å². The van der Waals surface area contributed by atoms with Crippen molar-refractivity contribution in [3.63, 3.8) is 0 Å². The fraction of sp³-hybridized carbons (Fsp3) is 0.143. The minimum absolute atomic E-state index is 0.279. The highest BCUT2D eigenvalue weighted by Crippen LogP contribution is 2.30. The van der Waals surface area contributed by atoms with Gasteiger partial charge >= 0.3 is 0 Å². The van der Waals surface area contributed by atoms with E-state index in [-0.39, 0.29) is 24.4 Å². The Kier molecular flexibility index (Phi) is 5.05. The first-order valence-corrected chi connectivity index (χ1v) is 8.83. The number of benzene rings is 2. The van der Waals surface area contributed by atoms with Gasteiger partial charge in [0, 0.05) is 11.9 Å². The van der Waals surface area contributed by atoms with Gasteiger partial charge < -0.3 is 20.1 Å². The number of pyridine rings is 1. The average molecular weight is 379 g/mol. The molecule has 0 aliphatic carbocycles. The molecule has 0 fully saturated rings. The lowest BCUT2D eigenvalue weighted by Crippen LogP contribution is -2.40. The van der Waals surface area contributed by atoms with E-state index >= 15 is 0 Å². The number of ether oxygens (including phenoxy) is 2. The lowest BCUT2D eigenvalue weighted by atomic mass is 10.2. The number of hydrogen-bond acceptors (Lipinski definition) is 5. The molecule has 0 saturated heterocycles. The van der Waals surface area contributed by atoms with Crippen molar-refractivity contribution < 1.29 is 18.7 Å². The van der Waals surface area contributed by atoms with E-state index in [4.69, 9.17) is 9.47 Å². The lowest BCUT2D eigenvalue weighted by Gasteiger charge is -2.26. The van der Waals surface area contributed by atoms with Crippen molar-refractivity contribution in [1.29, 1.82) is 0 Å². The summed E-state index contributed by atoms with van der Waals surface area (Å²) in [6.07, 6.45) is 1.27. The van der Waals surface area contributed by atoms with Crippen LogP contribution in [-0.2, 0) is 0 Å². The van der Waals surface area contributed by atoms with Crippen molar-refractivity contribution in [3.05, 3.63) is 78.2 Å². The number of rotatable bonds is 5. The molecule has 6 nitrogen and oxygen atoms in total. The summed E-state index contributed by atoms with van der Waals surface area (Å²) in [5.41, 5.74) is 0.859. The Balaban J connectivity index is 1.41. The number of carbonyl (C=O) groups is 1. The Hall–Kier alpha value is -3.61. The maximum Gasteiger partial charge on any atom is 0.255 e. The minimum Gasteiger partial charge on any atom is -0.486 e. The summed E-state index contributed by atoms with van der Waals surface area (Å²) >= 11 is 0. The highest BCUT2D eigenvalue weighted by atomic mass is 19.1. The van der Waals surface area contributed by atoms with Crippen molar-refractivity contribution >= 4 is 17.4 Å². The molecule has 1 amide bonds. The molecule has 1 aromatic heterocycles. The number of anilines is 2. The van der Waals surface area contributed by atoms with E-state index in [1.807, 2.05) is 24.3 Å². The third kappa shape index (κ3) is 4.03. The van der Waals surface area contributed by atoms with Crippen LogP contribution in [-0.4, -0.2) is 30.1 Å². The number of halogens is 1. The normalized spacial score (nSPS) is 15.0. The van der Waals surface area contributed by atoms with Gasteiger partial charge in [-0.1, -0.05) is 18.2 Å². The largest absolute Gasteiger partial charge is 0.486 e. The highest BCUT2D eigenvalue weighted by molar-refractivity contribution is 5.99. The van der Waals surface area contributed by atoms with Gasteiger partial charge in [-0.2, -0.15) is 0 Å². The van der Waals surface area contributed by atoms with E-state index in [9.17, 15) is 9.18 Å². The summed E-state index contributed by atoms with van der Waals surface area (Å²) in [6, 6.07) is 16.7. The van der Waals surface area contributed by atoms with Crippen LogP contribution >= 0.6 is 0 Å². The second kappa shape index (κ2) is 7.96. The molecule has 4 rings (SSSR count). The molecule has 0 radical (unpaired) electrons. The van der Waals surface area contributed by atoms with E-state index < -0.39 is 0 Å². The number of hydrogen-bond donors (Lipinski definition) is 2. The summed E-state index contributed by atoms with van der Waals surface area (Å²) in [5.74, 6) is 1.01. The molecular weight excluding hydrogens is 361 g/mol. The van der Waals surface area contributed by atoms with Crippen LogP contribution in [0, 0.1) is 5.82 Å². The molecule has 1 unspecified atom stereocenters. The first-order valence-electron chi connectivity index (χ1n) is 8.83. The molecule has 0 spiro atoms. The second-order valence-corrected chi connectivity index (χ2v) is 6.24. The van der Waals surface area contributed by atoms with Crippen molar-refractivity contribution in [3.8, 4) is 11.5 Å². The Labute approximate surface area is 161 Å². The summed E-state index contributed by atoms with van der Waals surface area (Å²) in [4.78, 5) is 16.8. The van der Waals surface area contributed by atoms with Gasteiger partial charge in [0.1, 0.15) is 24.3 Å². The molecule has 7 heteroatoms. The summed E-state index contributed by atoms with van der Waals surface area (Å²) in [7, 11) is 0. The monoisotopic (exact) mass is 379 g/mol. The average Bonchev–Trinajstić information content (AvgIpc) is 2.72. The molecule has 0 saturated carbocycles. The number of fused-ring (bicyclic) bond motifs is 1. The van der Waals surface area contributed by atoms with Crippen LogP contribution in [0.15, 0.2) is 66.9 Å². The lowest BCUT2D eigenvalue weighted by molar-refractivity contribution is 0.0789. The second-order valence-electron chi connectivity index (χ2n) is 6.24. The SMILES string of the molecule is O=C(NCC1COc2ccccc2O1)c1cccnc1Nc1cccc(F)c1. The third-order valence-corrected chi connectivity index (χ3v) is 4.20. The first kappa shape index (κ1) is 17.8. The number of carbonyl (C=O) groups excluding carboxylic acids is 1. The minimum atomic E-state index is -0.373. The molecule has 2 N–H and O–H groups in total. The van der Waals surface area contributed by atoms with Crippen LogP contribution in [0.2, 0.25) is 0 Å². The van der Waals surface area contributed by atoms with E-state index in [0.717, 1.165) is 0 Å². The summed E-state index contributed by atoms with van der Waals surface area (Å²) < 4.78 is 24.9. The van der Waals surface area contributed by atoms with Gasteiger partial charge in [0.15, 0.2) is 11.5 Å². The number of nitrogens with zero attached hydrogens (tertiary/aromatic N) is 1. The molecule has 142 valence electrons. The molecule has 2 aromatic carbocycles. The van der Waals surface area contributed by atoms with Crippen molar-refractivity contribution in [1.82, 2.24) is 10.3 Å². The summed E-state index contributed by atoms with van der Waals surface area (Å²) in [5, 5.41) is 5.82. The quantitative estimate of drug-likeness (QED) is 0.710. The molecule has 0 bridgehead atoms. The molecule has 1 aliphatic heterocycles. The van der Waals surface area contributed by atoms with E-state index in [1.165, 1.54) is 12.1 Å². The fourth-order valence-electron chi connectivity index (χ4n) is 2.86. The zero-order valence-corrected chi connectivity index (χ0v) is 14.9. The van der Waals surface area contributed by atoms with Gasteiger partial charge in [-0.15, -0.1) is 0 Å². The van der Waals surface area contributed by atoms with E-state index in [1.54, 1.807) is 30.5 Å². The van der Waals surface area contributed by atoms with Gasteiger partial charge in [0.2, 0.25) is 0 Å². The first-order chi connectivity index (χ1) is 13.7. The maximum absolute atomic E-state index is 13.4. The molecule has 3 aromatic rings. The molecule has 1 atom stereocenters. The van der Waals surface area contributed by atoms with E-state index in [2.05, 4.69) is 15.6 Å². The Bertz CT molecular complexity index is 996. The van der Waals surface area contributed by atoms with Gasteiger partial charge in [0.05, 0.1) is 12.1 Å². The van der Waals surface area contributed by atoms with Gasteiger partial charge in [-0.3, -0.25) is 4.79 Å². The number of para-hydroxylation sites is 2. The third-order valence-electron chi connectivity index (χ3n) is 4.20. The van der Waals surface area contributed by atoms with Crippen molar-refractivity contribution in [2.75, 3.05) is 18.5 Å². The maximum atomic E-state index is 13.4. The van der Waals surface area contributed by atoms with Gasteiger partial charge in [0.25, 0.3) is 5.91 Å². The number of nitrogens with one attached hydrogen (secondary N) is 2. The Morgan fingerprint density at radius 2 is 1.96 bits per heavy atom. The molecular formula is C21H18FN3O3. The molecule has 2 heterocycles. The van der Waals surface area contributed by atoms with E-state index in [0.29, 0.717) is 35.2 Å². The highest BCUT2D eigenvalue weighted by Gasteiger charge is 2.22. The predicted molar refractivity (Wildman–Crippen MR) is 103 cm³/mol. The van der Waals surface area contributed by atoms with Crippen LogP contribution in [0.25, 0.3) is 0 Å². The molecule has 28 heavy (non-hydrogen) atoms. The zero-order chi connectivity index (χ0) is 19.3. The van der Waals surface area contributed by atoms with Crippen LogP contribution in [0.5, 0.6) is 11.5 Å². The van der Waals surface area contributed by atoms with Crippen molar-refractivity contribution in [2.24, 2.45) is 0 Å². The topological polar surface area (TPSA) is 72.5 Å². The Morgan fingerprint density at radius 1 is 1.11 bits per heavy atom. The summed E-state index contributed by atoms with van der Waals surface area (Å²) in [6.45, 7) is 0.625. The van der Waals surface area contributed by atoms with Crippen LogP contribution in [0.1, 0.15) is 10.4 Å². The van der Waals surface area contributed by atoms with Crippen LogP contribution in [0.4, 0.5) is 15.9 Å². The Morgan fingerprint density at radius 3 is 2.82 bits per heavy atom. The fourth-order valence-corrected chi connectivity index (χ4v) is 2.86. The van der Waals surface area contributed by atoms with Crippen molar-refractivity contribution in [2.45, 2.75) is 6.10 Å². The van der Waals surface area contributed by atoms with Crippen LogP contribution < -0.4 is 20.1 Å². The smallest absolute Gasteiger partial charge is 0.255 e. The van der Waals surface area contributed by atoms with Gasteiger partial charge in [-0.25, -0.2) is 9.37 Å². The zero-order valence-electron chi connectivity index (χ0n) is 14.9. The molecule has 1 aliphatic rings. The standard InChI is InChI=1S/C21H18FN3O3/c22-14-5-3-6-15(11-14)25-20-17(7-4-10-23-20)21(26)24-12-16-13-27-18-8-1-2-9-19(18)28-16/h1-11,16H,12-13H2,(H,23,25)(H,24,26). The number of amides is 1. The van der Waals surface area contributed by atoms with Crippen LogP contribution in [0.3, 0.4) is 0 Å². The number of aromatic nitrogens is 1.